The summed E-state index contributed by atoms with van der Waals surface area (Å²) in [5.74, 6) is -24.3. The van der Waals surface area contributed by atoms with E-state index in [4.69, 9.17) is 39.1 Å². The Bertz CT molecular complexity index is 5370. The number of thioether (sulfide) groups is 1. The number of benzene rings is 5. The second kappa shape index (κ2) is 60.4. The fourth-order valence-corrected chi connectivity index (χ4v) is 17.5. The van der Waals surface area contributed by atoms with Gasteiger partial charge >= 0.3 is 17.9 Å². The number of hydrogen-bond donors (Lipinski definition) is 23. The summed E-state index contributed by atoms with van der Waals surface area (Å²) < 4.78 is 5.36. The summed E-state index contributed by atoms with van der Waals surface area (Å²) in [4.78, 5) is 289. The molecule has 0 spiro atoms. The molecule has 1 saturated carbocycles. The topological polar surface area (TPSA) is 739 Å². The Morgan fingerprint density at radius 3 is 1.42 bits per heavy atom. The normalized spacial score (nSPS) is 23.0. The summed E-state index contributed by atoms with van der Waals surface area (Å²) in [5, 5.41) is 66.7. The molecule has 1 aliphatic carbocycles. The lowest BCUT2D eigenvalue weighted by molar-refractivity contribution is -0.143. The van der Waals surface area contributed by atoms with Gasteiger partial charge in [-0.05, 0) is 167 Å². The number of primary amides is 2. The van der Waals surface area contributed by atoms with Crippen LogP contribution < -0.4 is 114 Å². The van der Waals surface area contributed by atoms with Crippen molar-refractivity contribution in [3.05, 3.63) is 161 Å². The largest absolute Gasteiger partial charge is 0.482 e. The Labute approximate surface area is 856 Å². The number of carboxylic acids is 3. The summed E-state index contributed by atoms with van der Waals surface area (Å²) in [7, 11) is 1.18. The molecule has 5 aromatic rings. The van der Waals surface area contributed by atoms with Crippen LogP contribution in [-0.2, 0) is 117 Å². The van der Waals surface area contributed by atoms with E-state index in [1.165, 1.54) is 62.5 Å². The molecule has 0 unspecified atom stereocenters. The number of carboxylic acid groups (broad SMARTS) is 3. The number of amides is 17. The van der Waals surface area contributed by atoms with E-state index in [9.17, 15) is 77.6 Å². The number of aliphatic carboxylic acids is 2. The molecule has 1 saturated heterocycles. The summed E-state index contributed by atoms with van der Waals surface area (Å²) in [6.45, 7) is 8.08. The lowest BCUT2D eigenvalue weighted by Gasteiger charge is -2.31. The van der Waals surface area contributed by atoms with Gasteiger partial charge in [-0.2, -0.15) is 0 Å². The van der Waals surface area contributed by atoms with Gasteiger partial charge in [0.2, 0.25) is 100 Å². The third-order valence-electron chi connectivity index (χ3n) is 24.8. The van der Waals surface area contributed by atoms with Gasteiger partial charge in [0.25, 0.3) is 0 Å². The molecule has 0 aromatic heterocycles. The zero-order valence-corrected chi connectivity index (χ0v) is 84.5. The molecule has 45 nitrogen and oxygen atoms in total. The third-order valence-corrected chi connectivity index (χ3v) is 25.9. The van der Waals surface area contributed by atoms with Crippen LogP contribution in [0.2, 0.25) is 0 Å². The Kier molecular flexibility index (Phi) is 49.1. The number of carbonyl (C=O) groups is 20. The van der Waals surface area contributed by atoms with Gasteiger partial charge < -0.3 is 134 Å². The summed E-state index contributed by atoms with van der Waals surface area (Å²) in [5.41, 5.74) is 38.4. The average Bonchev–Trinajstić information content (AvgIpc) is 0.828. The van der Waals surface area contributed by atoms with E-state index in [-0.39, 0.29) is 105 Å². The Morgan fingerprint density at radius 1 is 0.463 bits per heavy atom. The highest BCUT2D eigenvalue weighted by Gasteiger charge is 2.42. The Balaban J connectivity index is 1.39. The van der Waals surface area contributed by atoms with Crippen molar-refractivity contribution in [1.82, 2.24) is 79.3 Å². The standard InChI is InChI=1S/C101H141N21O24S/c1-55(2)44-73-91(134)111-70(38-42-104)89(132)110-71(39-43-105)90(133)121-85(56(3)4)99(142)112-69(22-15-40-102)88(131)120-80(98(141)109-68(37-41-103)86(107)129)53-147-54-82(124)108-74(46-59-17-10-8-11-18-59)92(135)115-77(49-62-27-33-67(34-28-62)146-52-84(127)128)95(138)119-79(51-83(125)126)97(140)118-78(50-63-19-14-16-57(5)45-63)96(139)117-76(48-61-25-31-66(32-26-61)101(144)145)94(137)116-75(47-60-23-29-65(30-24-60)64-20-12-9-13-21-64)93(136)113-72(35-36-81(106)123)100(143)122(7)58(6)87(130)114-73/h9,12-14,16,19-21,23-34,45,55-56,58-59,68-80,85H,8,10-11,15,17-18,22,35-44,46-54,102-105H2,1-7H3,(H2,106,123)(H2,107,129)(H,108,124)(H,109,141)(H,110,132)(H,111,134)(H,112,142)(H,113,136)(H,114,130)(H,115,135)(H,116,137)(H,117,139)(H,118,140)(H,119,138)(H,120,131)(H,121,133)(H,125,126)(H,127,128)(H,144,145)/t58-,68-,69-,70-,71-,72-,73+,74-,75-,76-,77-,78-,79-,80-,85-/m0/s1. The number of hydrogen-bond acceptors (Lipinski definition) is 26. The summed E-state index contributed by atoms with van der Waals surface area (Å²) in [6, 6.07) is 8.19. The highest BCUT2D eigenvalue weighted by atomic mass is 32.2. The minimum atomic E-state index is -2.15. The smallest absolute Gasteiger partial charge is 0.341 e. The van der Waals surface area contributed by atoms with E-state index in [0.29, 0.717) is 29.5 Å². The van der Waals surface area contributed by atoms with Crippen molar-refractivity contribution in [2.75, 3.05) is 51.3 Å². The zero-order chi connectivity index (χ0) is 108. The molecular formula is C101H141N21O24S. The molecule has 2 fully saturated rings. The van der Waals surface area contributed by atoms with E-state index in [0.717, 1.165) is 47.1 Å². The molecule has 17 amide bonds. The number of nitrogens with two attached hydrogens (primary N) is 6. The van der Waals surface area contributed by atoms with Gasteiger partial charge in [-0.3, -0.25) is 86.3 Å². The molecule has 1 aliphatic heterocycles. The van der Waals surface area contributed by atoms with E-state index < -0.39 is 278 Å². The molecule has 0 bridgehead atoms. The predicted octanol–water partition coefficient (Wildman–Crippen LogP) is -1.84. The maximum atomic E-state index is 15.8. The van der Waals surface area contributed by atoms with Crippen molar-refractivity contribution < 1.29 is 116 Å². The molecule has 800 valence electrons. The minimum Gasteiger partial charge on any atom is -0.482 e. The number of aromatic carboxylic acids is 1. The number of likely N-dealkylation sites (N-methyl/N-ethyl adjacent to an activating group) is 1. The van der Waals surface area contributed by atoms with E-state index >= 15 is 33.6 Å². The minimum absolute atomic E-state index is 0.0403. The highest BCUT2D eigenvalue weighted by Crippen LogP contribution is 2.29. The van der Waals surface area contributed by atoms with Gasteiger partial charge in [-0.25, -0.2) is 9.59 Å². The molecule has 15 atom stereocenters. The van der Waals surface area contributed by atoms with Gasteiger partial charge in [0.05, 0.1) is 17.7 Å². The molecular weight excluding hydrogens is 1920 g/mol. The molecule has 0 radical (unpaired) electrons. The first-order valence-electron chi connectivity index (χ1n) is 49.0. The predicted molar refractivity (Wildman–Crippen MR) is 542 cm³/mol. The maximum Gasteiger partial charge on any atom is 0.341 e. The SMILES string of the molecule is Cc1cccc(C[C@@H]2NC(=O)[C@H](CC(=O)O)NC(=O)[C@H](Cc3ccc(OCC(=O)O)cc3)NC(=O)[C@H](CC3CCCCC3)NC(=O)CSC[C@@H](C(=O)N[C@@H](CCN)C(N)=O)NC(=O)[C@H](CCCN)NC(=O)[C@H](C(C)C)NC(=O)[C@H](CCN)NC(=O)[C@H](CCN)NC(=O)[C@@H](CC(C)C)NC(=O)[C@H](C)N(C)C(=O)[C@H](CCC(N)=O)NC(=O)[C@H](Cc3ccc(-c4ccccc4)cc3)NC(=O)[C@H](Cc3ccc(C(=O)O)cc3)NC2=O)c1. The van der Waals surface area contributed by atoms with Crippen LogP contribution in [0, 0.1) is 24.7 Å². The first-order chi connectivity index (χ1) is 69.9. The monoisotopic (exact) mass is 2060 g/mol. The maximum absolute atomic E-state index is 15.8. The molecule has 46 heteroatoms. The van der Waals surface area contributed by atoms with E-state index in [1.807, 2.05) is 30.3 Å². The van der Waals surface area contributed by atoms with Crippen molar-refractivity contribution in [3.63, 3.8) is 0 Å². The van der Waals surface area contributed by atoms with Crippen LogP contribution in [0.1, 0.15) is 169 Å². The quantitative estimate of drug-likeness (QED) is 0.0212. The fraction of sp³-hybridized carbons (Fsp3) is 0.505. The molecule has 1 heterocycles. The van der Waals surface area contributed by atoms with Crippen LogP contribution in [0.25, 0.3) is 11.1 Å². The van der Waals surface area contributed by atoms with Crippen molar-refractivity contribution in [2.45, 2.75) is 254 Å². The second-order valence-electron chi connectivity index (χ2n) is 37.5. The fourth-order valence-electron chi connectivity index (χ4n) is 16.6. The highest BCUT2D eigenvalue weighted by molar-refractivity contribution is 8.00. The lowest BCUT2D eigenvalue weighted by Crippen LogP contribution is -2.62. The molecule has 7 rings (SSSR count). The van der Waals surface area contributed by atoms with Gasteiger partial charge in [-0.1, -0.05) is 168 Å². The van der Waals surface area contributed by atoms with Crippen LogP contribution in [-0.4, -0.2) is 281 Å². The number of nitrogens with zero attached hydrogens (tertiary/aromatic N) is 1. The average molecular weight is 2070 g/mol. The molecule has 29 N–H and O–H groups in total. The molecule has 5 aromatic carbocycles. The van der Waals surface area contributed by atoms with Crippen LogP contribution in [0.15, 0.2) is 127 Å². The molecule has 2 aliphatic rings. The Hall–Kier alpha value is -14.5. The van der Waals surface area contributed by atoms with Crippen molar-refractivity contribution in [2.24, 2.45) is 52.2 Å². The van der Waals surface area contributed by atoms with Crippen LogP contribution in [0.4, 0.5) is 0 Å². The van der Waals surface area contributed by atoms with E-state index in [2.05, 4.69) is 74.4 Å². The van der Waals surface area contributed by atoms with Gasteiger partial charge in [0.15, 0.2) is 6.61 Å². The number of ether oxygens (including phenoxy) is 1. The number of nitrogens with one attached hydrogen (secondary N) is 14. The van der Waals surface area contributed by atoms with Gasteiger partial charge in [-0.15, -0.1) is 11.8 Å². The Morgan fingerprint density at radius 2 is 0.925 bits per heavy atom. The first-order valence-corrected chi connectivity index (χ1v) is 50.2. The summed E-state index contributed by atoms with van der Waals surface area (Å²) >= 11 is 0.750. The van der Waals surface area contributed by atoms with Crippen LogP contribution in [0.3, 0.4) is 0 Å². The molecule has 147 heavy (non-hydrogen) atoms. The van der Waals surface area contributed by atoms with Gasteiger partial charge in [0, 0.05) is 44.9 Å². The van der Waals surface area contributed by atoms with E-state index in [1.54, 1.807) is 83.1 Å². The number of carbonyl (C=O) groups excluding carboxylic acids is 17. The zero-order valence-electron chi connectivity index (χ0n) is 83.6. The van der Waals surface area contributed by atoms with Gasteiger partial charge in [0.1, 0.15) is 96.4 Å². The van der Waals surface area contributed by atoms with Crippen molar-refractivity contribution >= 4 is 130 Å². The third kappa shape index (κ3) is 40.1. The van der Waals surface area contributed by atoms with Crippen molar-refractivity contribution in [1.29, 1.82) is 0 Å². The second-order valence-corrected chi connectivity index (χ2v) is 38.5. The number of rotatable bonds is 35. The number of aryl methyl sites for hydroxylation is 1. The first kappa shape index (κ1) is 119. The van der Waals surface area contributed by atoms with Crippen LogP contribution in [0.5, 0.6) is 5.75 Å². The lowest BCUT2D eigenvalue weighted by atomic mass is 9.84. The van der Waals surface area contributed by atoms with Crippen LogP contribution >= 0.6 is 11.8 Å². The summed E-state index contributed by atoms with van der Waals surface area (Å²) in [6.07, 6.45) is -1.70. The van der Waals surface area contributed by atoms with Crippen molar-refractivity contribution in [3.8, 4) is 16.9 Å².